The summed E-state index contributed by atoms with van der Waals surface area (Å²) in [5.41, 5.74) is 2.19. The Morgan fingerprint density at radius 3 is 2.52 bits per heavy atom. The fraction of sp³-hybridized carbons (Fsp3) is 0.222. The van der Waals surface area contributed by atoms with Crippen molar-refractivity contribution < 1.29 is 19.1 Å². The number of hydrogen-bond acceptors (Lipinski definition) is 4. The number of methoxy groups -OCH3 is 1. The zero-order chi connectivity index (χ0) is 18.4. The summed E-state index contributed by atoms with van der Waals surface area (Å²) in [6.45, 7) is 1.48. The van der Waals surface area contributed by atoms with E-state index >= 15 is 0 Å². The molecule has 0 aromatic heterocycles. The van der Waals surface area contributed by atoms with Gasteiger partial charge >= 0.3 is 5.97 Å². The number of hydrogen-bond donors (Lipinski definition) is 1. The van der Waals surface area contributed by atoms with Crippen LogP contribution in [0.4, 0.5) is 5.69 Å². The standard InChI is InChI=1S/C18H17BrClNO4/c1-11-7-14(19)15(20)9-16(11)21-17(22)10-25-18(23)8-12-3-5-13(24-2)6-4-12/h3-7,9H,8,10H2,1-2H3,(H,21,22). The van der Waals surface area contributed by atoms with Gasteiger partial charge in [0.1, 0.15) is 5.75 Å². The van der Waals surface area contributed by atoms with Gasteiger partial charge in [0.05, 0.1) is 18.6 Å². The predicted molar refractivity (Wildman–Crippen MR) is 100 cm³/mol. The van der Waals surface area contributed by atoms with E-state index < -0.39 is 11.9 Å². The van der Waals surface area contributed by atoms with Crippen molar-refractivity contribution in [1.29, 1.82) is 0 Å². The molecule has 0 fully saturated rings. The topological polar surface area (TPSA) is 64.6 Å². The molecule has 25 heavy (non-hydrogen) atoms. The summed E-state index contributed by atoms with van der Waals surface area (Å²) in [6.07, 6.45) is 0.0837. The molecular formula is C18H17BrClNO4. The lowest BCUT2D eigenvalue weighted by molar-refractivity contribution is -0.146. The Hall–Kier alpha value is -2.05. The van der Waals surface area contributed by atoms with Crippen molar-refractivity contribution in [2.75, 3.05) is 19.0 Å². The van der Waals surface area contributed by atoms with E-state index in [1.807, 2.05) is 6.92 Å². The van der Waals surface area contributed by atoms with Crippen molar-refractivity contribution >= 4 is 45.1 Å². The van der Waals surface area contributed by atoms with E-state index in [2.05, 4.69) is 21.2 Å². The fourth-order valence-corrected chi connectivity index (χ4v) is 2.70. The second-order valence-corrected chi connectivity index (χ2v) is 6.58. The van der Waals surface area contributed by atoms with Gasteiger partial charge in [-0.05, 0) is 58.2 Å². The Morgan fingerprint density at radius 2 is 1.88 bits per heavy atom. The van der Waals surface area contributed by atoms with Gasteiger partial charge in [-0.2, -0.15) is 0 Å². The van der Waals surface area contributed by atoms with Crippen molar-refractivity contribution in [2.24, 2.45) is 0 Å². The molecule has 1 amide bonds. The van der Waals surface area contributed by atoms with E-state index in [4.69, 9.17) is 21.1 Å². The van der Waals surface area contributed by atoms with Gasteiger partial charge in [0.15, 0.2) is 6.61 Å². The average molecular weight is 427 g/mol. The van der Waals surface area contributed by atoms with E-state index in [1.165, 1.54) is 0 Å². The van der Waals surface area contributed by atoms with Crippen LogP contribution >= 0.6 is 27.5 Å². The molecule has 0 saturated carbocycles. The SMILES string of the molecule is COc1ccc(CC(=O)OCC(=O)Nc2cc(Cl)c(Br)cc2C)cc1. The van der Waals surface area contributed by atoms with Crippen LogP contribution in [0, 0.1) is 6.92 Å². The zero-order valence-corrected chi connectivity index (χ0v) is 16.1. The third-order valence-electron chi connectivity index (χ3n) is 3.41. The average Bonchev–Trinajstić information content (AvgIpc) is 2.58. The summed E-state index contributed by atoms with van der Waals surface area (Å²) >= 11 is 9.33. The van der Waals surface area contributed by atoms with Gasteiger partial charge in [-0.1, -0.05) is 23.7 Å². The van der Waals surface area contributed by atoms with Crippen molar-refractivity contribution in [3.63, 3.8) is 0 Å². The van der Waals surface area contributed by atoms with Crippen LogP contribution in [-0.4, -0.2) is 25.6 Å². The minimum atomic E-state index is -0.481. The molecule has 0 saturated heterocycles. The van der Waals surface area contributed by atoms with E-state index in [1.54, 1.807) is 43.5 Å². The van der Waals surface area contributed by atoms with Gasteiger partial charge in [0.2, 0.25) is 0 Å². The molecular weight excluding hydrogens is 410 g/mol. The lowest BCUT2D eigenvalue weighted by Crippen LogP contribution is -2.22. The normalized spacial score (nSPS) is 10.2. The first kappa shape index (κ1) is 19.3. The summed E-state index contributed by atoms with van der Waals surface area (Å²) < 4.78 is 10.8. The monoisotopic (exact) mass is 425 g/mol. The maximum Gasteiger partial charge on any atom is 0.310 e. The maximum absolute atomic E-state index is 11.9. The maximum atomic E-state index is 11.9. The molecule has 0 aliphatic carbocycles. The Kier molecular flexibility index (Phi) is 6.84. The molecule has 0 radical (unpaired) electrons. The largest absolute Gasteiger partial charge is 0.497 e. The molecule has 0 atom stereocenters. The Morgan fingerprint density at radius 1 is 1.20 bits per heavy atom. The number of amides is 1. The van der Waals surface area contributed by atoms with Gasteiger partial charge in [0, 0.05) is 10.2 Å². The molecule has 5 nitrogen and oxygen atoms in total. The Bertz CT molecular complexity index is 777. The predicted octanol–water partition coefficient (Wildman–Crippen LogP) is 4.14. The number of esters is 1. The molecule has 0 aliphatic rings. The molecule has 0 spiro atoms. The van der Waals surface area contributed by atoms with E-state index in [0.29, 0.717) is 16.5 Å². The van der Waals surface area contributed by atoms with Gasteiger partial charge < -0.3 is 14.8 Å². The third kappa shape index (κ3) is 5.76. The molecule has 2 rings (SSSR count). The number of rotatable bonds is 6. The lowest BCUT2D eigenvalue weighted by atomic mass is 10.1. The van der Waals surface area contributed by atoms with E-state index in [9.17, 15) is 9.59 Å². The fourth-order valence-electron chi connectivity index (χ4n) is 2.07. The number of halogens is 2. The smallest absolute Gasteiger partial charge is 0.310 e. The van der Waals surface area contributed by atoms with Gasteiger partial charge in [-0.15, -0.1) is 0 Å². The van der Waals surface area contributed by atoms with Crippen LogP contribution in [0.1, 0.15) is 11.1 Å². The summed E-state index contributed by atoms with van der Waals surface area (Å²) in [5, 5.41) is 3.16. The minimum Gasteiger partial charge on any atom is -0.497 e. The van der Waals surface area contributed by atoms with Crippen LogP contribution < -0.4 is 10.1 Å². The van der Waals surface area contributed by atoms with Gasteiger partial charge in [-0.25, -0.2) is 0 Å². The molecule has 0 bridgehead atoms. The van der Waals surface area contributed by atoms with Crippen molar-refractivity contribution in [3.05, 3.63) is 57.0 Å². The number of aryl methyl sites for hydroxylation is 1. The second kappa shape index (κ2) is 8.87. The summed E-state index contributed by atoms with van der Waals surface area (Å²) in [7, 11) is 1.57. The van der Waals surface area contributed by atoms with Gasteiger partial charge in [0.25, 0.3) is 5.91 Å². The number of carbonyl (C=O) groups excluding carboxylic acids is 2. The second-order valence-electron chi connectivity index (χ2n) is 5.31. The molecule has 2 aromatic rings. The zero-order valence-electron chi connectivity index (χ0n) is 13.8. The van der Waals surface area contributed by atoms with Crippen molar-refractivity contribution in [3.8, 4) is 5.75 Å². The quantitative estimate of drug-likeness (QED) is 0.705. The van der Waals surface area contributed by atoms with Crippen LogP contribution in [0.25, 0.3) is 0 Å². The molecule has 1 N–H and O–H groups in total. The van der Waals surface area contributed by atoms with Crippen LogP contribution in [-0.2, 0) is 20.7 Å². The first-order valence-corrected chi connectivity index (χ1v) is 8.60. The summed E-state index contributed by atoms with van der Waals surface area (Å²) in [5.74, 6) is -0.199. The van der Waals surface area contributed by atoms with Crippen LogP contribution in [0.3, 0.4) is 0 Å². The van der Waals surface area contributed by atoms with Gasteiger partial charge in [-0.3, -0.25) is 9.59 Å². The van der Waals surface area contributed by atoms with E-state index in [-0.39, 0.29) is 13.0 Å². The first-order chi connectivity index (χ1) is 11.9. The molecule has 132 valence electrons. The number of carbonyl (C=O) groups is 2. The molecule has 2 aromatic carbocycles. The highest BCUT2D eigenvalue weighted by Gasteiger charge is 2.11. The van der Waals surface area contributed by atoms with E-state index in [0.717, 1.165) is 15.6 Å². The van der Waals surface area contributed by atoms with Crippen LogP contribution in [0.5, 0.6) is 5.75 Å². The number of benzene rings is 2. The highest BCUT2D eigenvalue weighted by molar-refractivity contribution is 9.10. The highest BCUT2D eigenvalue weighted by Crippen LogP contribution is 2.28. The first-order valence-electron chi connectivity index (χ1n) is 7.43. The Balaban J connectivity index is 1.84. The third-order valence-corrected chi connectivity index (χ3v) is 4.61. The summed E-state index contributed by atoms with van der Waals surface area (Å²) in [4.78, 5) is 23.8. The van der Waals surface area contributed by atoms with Crippen molar-refractivity contribution in [2.45, 2.75) is 13.3 Å². The number of nitrogens with one attached hydrogen (secondary N) is 1. The molecule has 0 unspecified atom stereocenters. The lowest BCUT2D eigenvalue weighted by Gasteiger charge is -2.10. The minimum absolute atomic E-state index is 0.0837. The van der Waals surface area contributed by atoms with Crippen molar-refractivity contribution in [1.82, 2.24) is 0 Å². The molecule has 0 aliphatic heterocycles. The number of anilines is 1. The van der Waals surface area contributed by atoms with Crippen LogP contribution in [0.2, 0.25) is 5.02 Å². The van der Waals surface area contributed by atoms with Crippen LogP contribution in [0.15, 0.2) is 40.9 Å². The molecule has 0 heterocycles. The highest BCUT2D eigenvalue weighted by atomic mass is 79.9. The summed E-state index contributed by atoms with van der Waals surface area (Å²) in [6, 6.07) is 10.5. The number of ether oxygens (including phenoxy) is 2. The molecule has 7 heteroatoms. The Labute approximate surface area is 159 Å².